The number of Topliss-reactive ketones (excluding diaryl/α,β-unsaturated/α-hetero) is 1. The minimum absolute atomic E-state index is 0.0868. The Bertz CT molecular complexity index is 699. The zero-order chi connectivity index (χ0) is 13.4. The number of hydrogen-bond donors (Lipinski definition) is 1. The van der Waals surface area contributed by atoms with Crippen LogP contribution in [0.25, 0.3) is 6.08 Å². The third kappa shape index (κ3) is 1.99. The van der Waals surface area contributed by atoms with Crippen LogP contribution in [-0.4, -0.2) is 10.9 Å². The molecule has 2 aromatic carbocycles. The highest BCUT2D eigenvalue weighted by Gasteiger charge is 2.27. The topological polar surface area (TPSA) is 46.5 Å². The van der Waals surface area contributed by atoms with Crippen molar-refractivity contribution in [1.82, 2.24) is 0 Å². The van der Waals surface area contributed by atoms with Crippen molar-refractivity contribution in [3.63, 3.8) is 0 Å². The molecular weight excluding hydrogens is 240 g/mol. The summed E-state index contributed by atoms with van der Waals surface area (Å²) in [4.78, 5) is 12.1. The van der Waals surface area contributed by atoms with Crippen LogP contribution in [0.2, 0.25) is 0 Å². The second kappa shape index (κ2) is 4.28. The number of ether oxygens (including phenoxy) is 1. The Kier molecular flexibility index (Phi) is 2.60. The first-order valence-corrected chi connectivity index (χ1v) is 5.98. The molecule has 0 spiro atoms. The van der Waals surface area contributed by atoms with Gasteiger partial charge in [0.25, 0.3) is 0 Å². The van der Waals surface area contributed by atoms with Crippen molar-refractivity contribution in [1.29, 1.82) is 0 Å². The van der Waals surface area contributed by atoms with Crippen molar-refractivity contribution < 1.29 is 14.6 Å². The molecule has 3 rings (SSSR count). The Morgan fingerprint density at radius 2 is 1.95 bits per heavy atom. The molecule has 0 radical (unpaired) electrons. The van der Waals surface area contributed by atoms with Crippen LogP contribution < -0.4 is 4.74 Å². The Morgan fingerprint density at radius 1 is 1.16 bits per heavy atom. The number of carbonyl (C=O) groups is 1. The molecule has 0 fully saturated rings. The molecule has 1 aliphatic heterocycles. The molecule has 0 unspecified atom stereocenters. The van der Waals surface area contributed by atoms with E-state index in [1.807, 2.05) is 31.2 Å². The average molecular weight is 252 g/mol. The molecule has 3 nitrogen and oxygen atoms in total. The van der Waals surface area contributed by atoms with Gasteiger partial charge in [-0.15, -0.1) is 0 Å². The van der Waals surface area contributed by atoms with Gasteiger partial charge in [-0.3, -0.25) is 4.79 Å². The number of ketones is 1. The maximum absolute atomic E-state index is 12.1. The lowest BCUT2D eigenvalue weighted by atomic mass is 10.1. The van der Waals surface area contributed by atoms with Gasteiger partial charge in [-0.05, 0) is 36.3 Å². The van der Waals surface area contributed by atoms with Gasteiger partial charge in [0.1, 0.15) is 11.5 Å². The van der Waals surface area contributed by atoms with Crippen molar-refractivity contribution in [2.75, 3.05) is 0 Å². The van der Waals surface area contributed by atoms with E-state index in [1.54, 1.807) is 12.1 Å². The standard InChI is InChI=1S/C16H12O3/c1-10-4-2-3-5-11(10)8-15-16(18)13-7-6-12(17)9-14(13)19-15/h2-9,17H,1H3/b15-8+. The summed E-state index contributed by atoms with van der Waals surface area (Å²) in [5, 5.41) is 9.39. The van der Waals surface area contributed by atoms with E-state index in [-0.39, 0.29) is 17.3 Å². The summed E-state index contributed by atoms with van der Waals surface area (Å²) in [5.41, 5.74) is 2.51. The van der Waals surface area contributed by atoms with Gasteiger partial charge in [0, 0.05) is 6.07 Å². The maximum atomic E-state index is 12.1. The van der Waals surface area contributed by atoms with E-state index < -0.39 is 0 Å². The van der Waals surface area contributed by atoms with Crippen LogP contribution in [0.4, 0.5) is 0 Å². The fraction of sp³-hybridized carbons (Fsp3) is 0.0625. The minimum Gasteiger partial charge on any atom is -0.508 e. The van der Waals surface area contributed by atoms with Crippen LogP contribution >= 0.6 is 0 Å². The molecule has 94 valence electrons. The zero-order valence-electron chi connectivity index (χ0n) is 10.4. The summed E-state index contributed by atoms with van der Waals surface area (Å²) in [6.07, 6.45) is 1.73. The van der Waals surface area contributed by atoms with E-state index in [1.165, 1.54) is 12.1 Å². The fourth-order valence-corrected chi connectivity index (χ4v) is 2.07. The van der Waals surface area contributed by atoms with Gasteiger partial charge in [-0.2, -0.15) is 0 Å². The smallest absolute Gasteiger partial charge is 0.231 e. The molecule has 1 aliphatic rings. The fourth-order valence-electron chi connectivity index (χ4n) is 2.07. The lowest BCUT2D eigenvalue weighted by Crippen LogP contribution is -1.98. The lowest BCUT2D eigenvalue weighted by molar-refractivity contribution is 0.101. The van der Waals surface area contributed by atoms with E-state index >= 15 is 0 Å². The lowest BCUT2D eigenvalue weighted by Gasteiger charge is -2.01. The summed E-state index contributed by atoms with van der Waals surface area (Å²) >= 11 is 0. The van der Waals surface area contributed by atoms with Gasteiger partial charge in [0.2, 0.25) is 5.78 Å². The molecule has 1 N–H and O–H groups in total. The third-order valence-electron chi connectivity index (χ3n) is 3.13. The number of phenols is 1. The molecule has 0 aromatic heterocycles. The second-order valence-corrected chi connectivity index (χ2v) is 4.48. The van der Waals surface area contributed by atoms with Gasteiger partial charge in [0.15, 0.2) is 5.76 Å². The van der Waals surface area contributed by atoms with Gasteiger partial charge in [-0.1, -0.05) is 24.3 Å². The number of aromatic hydroxyl groups is 1. The molecule has 0 saturated heterocycles. The van der Waals surface area contributed by atoms with Gasteiger partial charge in [-0.25, -0.2) is 0 Å². The number of fused-ring (bicyclic) bond motifs is 1. The number of benzene rings is 2. The van der Waals surface area contributed by atoms with Crippen molar-refractivity contribution >= 4 is 11.9 Å². The molecule has 19 heavy (non-hydrogen) atoms. The predicted molar refractivity (Wildman–Crippen MR) is 72.2 cm³/mol. The summed E-state index contributed by atoms with van der Waals surface area (Å²) in [6, 6.07) is 12.3. The number of phenolic OH excluding ortho intramolecular Hbond substituents is 1. The van der Waals surface area contributed by atoms with Crippen LogP contribution in [0.3, 0.4) is 0 Å². The van der Waals surface area contributed by atoms with Gasteiger partial charge >= 0.3 is 0 Å². The van der Waals surface area contributed by atoms with E-state index in [0.717, 1.165) is 11.1 Å². The highest BCUT2D eigenvalue weighted by atomic mass is 16.5. The molecule has 1 heterocycles. The first-order valence-electron chi connectivity index (χ1n) is 5.98. The summed E-state index contributed by atoms with van der Waals surface area (Å²) in [6.45, 7) is 1.98. The van der Waals surface area contributed by atoms with Gasteiger partial charge < -0.3 is 9.84 Å². The molecule has 0 bridgehead atoms. The van der Waals surface area contributed by atoms with Crippen molar-refractivity contribution in [2.24, 2.45) is 0 Å². The molecular formula is C16H12O3. The SMILES string of the molecule is Cc1ccccc1/C=C1/Oc2cc(O)ccc2C1=O. The molecule has 0 saturated carbocycles. The second-order valence-electron chi connectivity index (χ2n) is 4.48. The molecule has 0 atom stereocenters. The minimum atomic E-state index is -0.154. The Balaban J connectivity index is 2.02. The van der Waals surface area contributed by atoms with Crippen LogP contribution in [0.1, 0.15) is 21.5 Å². The average Bonchev–Trinajstić information content (AvgIpc) is 2.68. The summed E-state index contributed by atoms with van der Waals surface area (Å²) in [7, 11) is 0. The van der Waals surface area contributed by atoms with Crippen molar-refractivity contribution in [2.45, 2.75) is 6.92 Å². The Hall–Kier alpha value is -2.55. The van der Waals surface area contributed by atoms with Crippen LogP contribution in [-0.2, 0) is 0 Å². The number of rotatable bonds is 1. The number of carbonyl (C=O) groups excluding carboxylic acids is 1. The highest BCUT2D eigenvalue weighted by Crippen LogP contribution is 2.34. The quantitative estimate of drug-likeness (QED) is 0.792. The van der Waals surface area contributed by atoms with E-state index in [4.69, 9.17) is 4.74 Å². The summed E-state index contributed by atoms with van der Waals surface area (Å²) in [5.74, 6) is 0.627. The van der Waals surface area contributed by atoms with Crippen LogP contribution in [0, 0.1) is 6.92 Å². The predicted octanol–water partition coefficient (Wildman–Crippen LogP) is 3.32. The van der Waals surface area contributed by atoms with Crippen molar-refractivity contribution in [3.8, 4) is 11.5 Å². The van der Waals surface area contributed by atoms with Crippen molar-refractivity contribution in [3.05, 3.63) is 64.9 Å². The monoisotopic (exact) mass is 252 g/mol. The highest BCUT2D eigenvalue weighted by molar-refractivity contribution is 6.14. The summed E-state index contributed by atoms with van der Waals surface area (Å²) < 4.78 is 5.51. The van der Waals surface area contributed by atoms with E-state index in [2.05, 4.69) is 0 Å². The molecule has 3 heteroatoms. The van der Waals surface area contributed by atoms with Gasteiger partial charge in [0.05, 0.1) is 5.56 Å². The first-order chi connectivity index (χ1) is 9.15. The third-order valence-corrected chi connectivity index (χ3v) is 3.13. The van der Waals surface area contributed by atoms with Crippen LogP contribution in [0.5, 0.6) is 11.5 Å². The normalized spacial score (nSPS) is 15.4. The Labute approximate surface area is 110 Å². The first kappa shape index (κ1) is 11.5. The molecule has 2 aromatic rings. The largest absolute Gasteiger partial charge is 0.508 e. The molecule has 0 aliphatic carbocycles. The number of hydrogen-bond acceptors (Lipinski definition) is 3. The Morgan fingerprint density at radius 3 is 2.74 bits per heavy atom. The number of allylic oxidation sites excluding steroid dienone is 1. The molecule has 0 amide bonds. The zero-order valence-corrected chi connectivity index (χ0v) is 10.4. The van der Waals surface area contributed by atoms with E-state index in [0.29, 0.717) is 11.3 Å². The maximum Gasteiger partial charge on any atom is 0.231 e. The van der Waals surface area contributed by atoms with E-state index in [9.17, 15) is 9.90 Å². The number of aryl methyl sites for hydroxylation is 1. The van der Waals surface area contributed by atoms with Crippen LogP contribution in [0.15, 0.2) is 48.2 Å².